The first-order valence-corrected chi connectivity index (χ1v) is 3.51. The van der Waals surface area contributed by atoms with Gasteiger partial charge in [-0.15, -0.1) is 0 Å². The van der Waals surface area contributed by atoms with Gasteiger partial charge in [0, 0.05) is 0 Å². The van der Waals surface area contributed by atoms with Gasteiger partial charge >= 0.3 is 0 Å². The highest BCUT2D eigenvalue weighted by Crippen LogP contribution is 2.28. The Bertz CT molecular complexity index is 161. The van der Waals surface area contributed by atoms with Crippen molar-refractivity contribution in [2.75, 3.05) is 6.61 Å². The summed E-state index contributed by atoms with van der Waals surface area (Å²) in [6, 6.07) is 0. The van der Waals surface area contributed by atoms with E-state index in [-0.39, 0.29) is 6.61 Å². The van der Waals surface area contributed by atoms with Crippen molar-refractivity contribution in [1.29, 1.82) is 0 Å². The van der Waals surface area contributed by atoms with Gasteiger partial charge in [0.1, 0.15) is 24.4 Å². The minimum absolute atomic E-state index is 0.236. The summed E-state index contributed by atoms with van der Waals surface area (Å²) < 4.78 is 9.82. The maximum atomic E-state index is 9.28. The van der Waals surface area contributed by atoms with E-state index in [2.05, 4.69) is 0 Å². The molecule has 0 amide bonds. The molecule has 0 spiro atoms. The molecule has 0 aromatic carbocycles. The summed E-state index contributed by atoms with van der Waals surface area (Å²) >= 11 is 0. The van der Waals surface area contributed by atoms with Gasteiger partial charge in [-0.1, -0.05) is 0 Å². The minimum Gasteiger partial charge on any atom is -0.387 e. The van der Waals surface area contributed by atoms with E-state index >= 15 is 0 Å². The summed E-state index contributed by atoms with van der Waals surface area (Å²) in [6.07, 6.45) is -4.35. The first kappa shape index (κ1) is 7.45. The Labute approximate surface area is 63.2 Å². The Hall–Kier alpha value is -0.200. The molecule has 2 heterocycles. The molecule has 0 saturated carbocycles. The summed E-state index contributed by atoms with van der Waals surface area (Å²) in [7, 11) is 0. The van der Waals surface area contributed by atoms with Crippen LogP contribution in [0.5, 0.6) is 0 Å². The van der Waals surface area contributed by atoms with Crippen LogP contribution in [0.3, 0.4) is 0 Å². The highest BCUT2D eigenvalue weighted by Gasteiger charge is 2.49. The van der Waals surface area contributed by atoms with Crippen LogP contribution < -0.4 is 0 Å². The van der Waals surface area contributed by atoms with E-state index < -0.39 is 30.7 Å². The van der Waals surface area contributed by atoms with Crippen LogP contribution in [0.15, 0.2) is 0 Å². The predicted octanol–water partition coefficient (Wildman–Crippen LogP) is -2.18. The van der Waals surface area contributed by atoms with E-state index in [1.807, 2.05) is 0 Å². The zero-order valence-electron chi connectivity index (χ0n) is 5.75. The molecule has 0 aromatic heterocycles. The second-order valence-corrected chi connectivity index (χ2v) is 2.84. The third-order valence-corrected chi connectivity index (χ3v) is 2.11. The molecule has 2 bridgehead atoms. The fourth-order valence-electron chi connectivity index (χ4n) is 1.46. The van der Waals surface area contributed by atoms with Crippen LogP contribution in [0.4, 0.5) is 0 Å². The smallest absolute Gasteiger partial charge is 0.184 e. The van der Waals surface area contributed by atoms with Gasteiger partial charge in [0.25, 0.3) is 0 Å². The zero-order chi connectivity index (χ0) is 8.01. The lowest BCUT2D eigenvalue weighted by Gasteiger charge is -2.31. The van der Waals surface area contributed by atoms with Crippen LogP contribution in [0.25, 0.3) is 0 Å². The number of rotatable bonds is 0. The van der Waals surface area contributed by atoms with Crippen LogP contribution in [0, 0.1) is 0 Å². The molecule has 2 aliphatic heterocycles. The van der Waals surface area contributed by atoms with Crippen molar-refractivity contribution in [1.82, 2.24) is 0 Å². The quantitative estimate of drug-likeness (QED) is 0.377. The molecular formula is C6H10O5. The number of hydrogen-bond donors (Lipinski definition) is 3. The molecule has 0 unspecified atom stereocenters. The van der Waals surface area contributed by atoms with Gasteiger partial charge in [-0.3, -0.25) is 0 Å². The summed E-state index contributed by atoms with van der Waals surface area (Å²) in [5, 5.41) is 27.5. The molecule has 0 aromatic rings. The van der Waals surface area contributed by atoms with Gasteiger partial charge in [0.05, 0.1) is 6.61 Å². The molecular weight excluding hydrogens is 152 g/mol. The highest BCUT2D eigenvalue weighted by molar-refractivity contribution is 4.94. The molecule has 0 radical (unpaired) electrons. The third-order valence-electron chi connectivity index (χ3n) is 2.11. The van der Waals surface area contributed by atoms with Crippen molar-refractivity contribution in [2.24, 2.45) is 0 Å². The van der Waals surface area contributed by atoms with Crippen molar-refractivity contribution in [2.45, 2.75) is 30.7 Å². The van der Waals surface area contributed by atoms with Gasteiger partial charge in [0.2, 0.25) is 0 Å². The normalized spacial score (nSPS) is 56.5. The molecule has 5 heteroatoms. The Kier molecular flexibility index (Phi) is 1.62. The van der Waals surface area contributed by atoms with Crippen molar-refractivity contribution in [3.05, 3.63) is 0 Å². The molecule has 5 nitrogen and oxygen atoms in total. The number of fused-ring (bicyclic) bond motifs is 2. The third kappa shape index (κ3) is 0.969. The van der Waals surface area contributed by atoms with E-state index in [1.165, 1.54) is 0 Å². The van der Waals surface area contributed by atoms with Crippen LogP contribution >= 0.6 is 0 Å². The van der Waals surface area contributed by atoms with Crippen LogP contribution in [0.1, 0.15) is 0 Å². The highest BCUT2D eigenvalue weighted by atomic mass is 16.7. The van der Waals surface area contributed by atoms with E-state index in [4.69, 9.17) is 14.6 Å². The van der Waals surface area contributed by atoms with Crippen molar-refractivity contribution in [3.63, 3.8) is 0 Å². The summed E-state index contributed by atoms with van der Waals surface area (Å²) in [5.41, 5.74) is 0. The average molecular weight is 162 g/mol. The SMILES string of the molecule is O[C@@H]1[C@H]2OC[C@@H](O[C@H]1O)[C@H]2O. The second kappa shape index (κ2) is 2.40. The number of hydrogen-bond acceptors (Lipinski definition) is 5. The monoisotopic (exact) mass is 162 g/mol. The van der Waals surface area contributed by atoms with Crippen LogP contribution in [-0.4, -0.2) is 52.6 Å². The number of ether oxygens (including phenoxy) is 2. The van der Waals surface area contributed by atoms with E-state index in [1.54, 1.807) is 0 Å². The minimum atomic E-state index is -1.23. The van der Waals surface area contributed by atoms with Crippen molar-refractivity contribution in [3.8, 4) is 0 Å². The van der Waals surface area contributed by atoms with Gasteiger partial charge < -0.3 is 24.8 Å². The largest absolute Gasteiger partial charge is 0.387 e. The number of aliphatic hydroxyl groups is 3. The lowest BCUT2D eigenvalue weighted by Crippen LogP contribution is -2.52. The lowest BCUT2D eigenvalue weighted by atomic mass is 10.0. The predicted molar refractivity (Wildman–Crippen MR) is 32.6 cm³/mol. The topological polar surface area (TPSA) is 79.2 Å². The van der Waals surface area contributed by atoms with Gasteiger partial charge in [-0.2, -0.15) is 0 Å². The van der Waals surface area contributed by atoms with Gasteiger partial charge in [0.15, 0.2) is 6.29 Å². The molecule has 64 valence electrons. The Morgan fingerprint density at radius 3 is 2.55 bits per heavy atom. The van der Waals surface area contributed by atoms with Gasteiger partial charge in [-0.05, 0) is 0 Å². The first-order chi connectivity index (χ1) is 5.20. The van der Waals surface area contributed by atoms with Crippen LogP contribution in [0.2, 0.25) is 0 Å². The second-order valence-electron chi connectivity index (χ2n) is 2.84. The Morgan fingerprint density at radius 2 is 1.82 bits per heavy atom. The molecule has 2 saturated heterocycles. The maximum Gasteiger partial charge on any atom is 0.184 e. The molecule has 3 N–H and O–H groups in total. The fourth-order valence-corrected chi connectivity index (χ4v) is 1.46. The molecule has 2 fully saturated rings. The maximum absolute atomic E-state index is 9.28. The molecule has 0 aliphatic carbocycles. The van der Waals surface area contributed by atoms with Gasteiger partial charge in [-0.25, -0.2) is 0 Å². The zero-order valence-corrected chi connectivity index (χ0v) is 5.75. The molecule has 11 heavy (non-hydrogen) atoms. The Morgan fingerprint density at radius 1 is 1.09 bits per heavy atom. The summed E-state index contributed by atoms with van der Waals surface area (Å²) in [4.78, 5) is 0. The standard InChI is InChI=1S/C6H10O5/c7-3-2-1-10-5(3)4(8)6(9)11-2/h2-9H,1H2/t2-,3-,4-,5+,6-/m1/s1. The van der Waals surface area contributed by atoms with E-state index in [0.717, 1.165) is 0 Å². The van der Waals surface area contributed by atoms with Crippen LogP contribution in [-0.2, 0) is 9.47 Å². The Balaban J connectivity index is 2.16. The van der Waals surface area contributed by atoms with E-state index in [0.29, 0.717) is 0 Å². The number of aliphatic hydroxyl groups excluding tert-OH is 3. The average Bonchev–Trinajstić information content (AvgIpc) is 2.23. The first-order valence-electron chi connectivity index (χ1n) is 3.51. The lowest BCUT2D eigenvalue weighted by molar-refractivity contribution is -0.242. The fraction of sp³-hybridized carbons (Fsp3) is 1.00. The van der Waals surface area contributed by atoms with E-state index in [9.17, 15) is 10.2 Å². The van der Waals surface area contributed by atoms with Crippen molar-refractivity contribution < 1.29 is 24.8 Å². The summed E-state index contributed by atoms with van der Waals surface area (Å²) in [5.74, 6) is 0. The summed E-state index contributed by atoms with van der Waals surface area (Å²) in [6.45, 7) is 0.236. The molecule has 2 rings (SSSR count). The molecule has 5 atom stereocenters. The molecule has 2 aliphatic rings. The van der Waals surface area contributed by atoms with Crippen molar-refractivity contribution >= 4 is 0 Å².